The smallest absolute Gasteiger partial charge is 0.138 e. The minimum atomic E-state index is 0.239. The minimum absolute atomic E-state index is 0.239. The molecule has 2 rings (SSSR count). The number of ether oxygens (including phenoxy) is 1. The Morgan fingerprint density at radius 1 is 1.53 bits per heavy atom. The highest BCUT2D eigenvalue weighted by molar-refractivity contribution is 5.81. The van der Waals surface area contributed by atoms with Gasteiger partial charge in [0.15, 0.2) is 0 Å². The van der Waals surface area contributed by atoms with Gasteiger partial charge in [-0.3, -0.25) is 4.79 Å². The number of Topliss-reactive ketones (excluding diaryl/α,β-unsaturated/α-hetero) is 1. The zero-order chi connectivity index (χ0) is 10.7. The average molecular weight is 211 g/mol. The Morgan fingerprint density at radius 2 is 2.40 bits per heavy atom. The van der Waals surface area contributed by atoms with E-state index in [1.54, 1.807) is 0 Å². The highest BCUT2D eigenvalue weighted by atomic mass is 16.5. The normalized spacial score (nSPS) is 33.5. The van der Waals surface area contributed by atoms with E-state index in [2.05, 4.69) is 4.90 Å². The van der Waals surface area contributed by atoms with Gasteiger partial charge in [-0.05, 0) is 19.3 Å². The van der Waals surface area contributed by atoms with Gasteiger partial charge in [0.05, 0.1) is 6.10 Å². The summed E-state index contributed by atoms with van der Waals surface area (Å²) in [6.07, 6.45) is 4.81. The maximum Gasteiger partial charge on any atom is 0.138 e. The van der Waals surface area contributed by atoms with Crippen molar-refractivity contribution in [3.63, 3.8) is 0 Å². The third-order valence-electron chi connectivity index (χ3n) is 3.55. The van der Waals surface area contributed by atoms with E-state index >= 15 is 0 Å². The van der Waals surface area contributed by atoms with Gasteiger partial charge in [0.25, 0.3) is 0 Å². The Morgan fingerprint density at radius 3 is 3.07 bits per heavy atom. The van der Waals surface area contributed by atoms with E-state index in [0.717, 1.165) is 39.1 Å². The number of rotatable bonds is 3. The highest BCUT2D eigenvalue weighted by Crippen LogP contribution is 2.18. The molecule has 2 fully saturated rings. The Hall–Kier alpha value is -0.410. The van der Waals surface area contributed by atoms with Crippen LogP contribution in [0.3, 0.4) is 0 Å². The number of hydrogen-bond donors (Lipinski definition) is 0. The molecule has 2 unspecified atom stereocenters. The van der Waals surface area contributed by atoms with E-state index < -0.39 is 0 Å². The van der Waals surface area contributed by atoms with Crippen LogP contribution in [0.2, 0.25) is 0 Å². The molecule has 0 aromatic heterocycles. The van der Waals surface area contributed by atoms with Crippen LogP contribution in [-0.4, -0.2) is 43.0 Å². The van der Waals surface area contributed by atoms with Crippen molar-refractivity contribution < 1.29 is 9.53 Å². The summed E-state index contributed by atoms with van der Waals surface area (Å²) in [6.45, 7) is 5.99. The molecule has 86 valence electrons. The van der Waals surface area contributed by atoms with Crippen LogP contribution in [0.4, 0.5) is 0 Å². The summed E-state index contributed by atoms with van der Waals surface area (Å²) in [5.74, 6) is 0.673. The third-order valence-corrected chi connectivity index (χ3v) is 3.55. The molecule has 2 aliphatic heterocycles. The summed E-state index contributed by atoms with van der Waals surface area (Å²) < 4.78 is 5.60. The lowest BCUT2D eigenvalue weighted by molar-refractivity contribution is -0.125. The number of carbonyl (C=O) groups excluding carboxylic acids is 1. The molecule has 3 heteroatoms. The number of likely N-dealkylation sites (tertiary alicyclic amines) is 1. The molecule has 0 aliphatic carbocycles. The number of piperidine rings is 1. The first-order chi connectivity index (χ1) is 7.25. The SMILES string of the molecule is CC1CN(CCC2CCCO2)CCC1=O. The lowest BCUT2D eigenvalue weighted by Gasteiger charge is -2.30. The van der Waals surface area contributed by atoms with Gasteiger partial charge in [0, 0.05) is 38.6 Å². The molecule has 0 aromatic carbocycles. The molecule has 3 nitrogen and oxygen atoms in total. The van der Waals surface area contributed by atoms with Crippen molar-refractivity contribution in [3.05, 3.63) is 0 Å². The number of carbonyl (C=O) groups is 1. The molecule has 2 heterocycles. The van der Waals surface area contributed by atoms with Crippen LogP contribution in [0.25, 0.3) is 0 Å². The predicted molar refractivity (Wildman–Crippen MR) is 58.8 cm³/mol. The van der Waals surface area contributed by atoms with Crippen LogP contribution < -0.4 is 0 Å². The quantitative estimate of drug-likeness (QED) is 0.708. The molecule has 2 atom stereocenters. The summed E-state index contributed by atoms with van der Waals surface area (Å²) in [4.78, 5) is 13.8. The summed E-state index contributed by atoms with van der Waals surface area (Å²) in [5.41, 5.74) is 0. The summed E-state index contributed by atoms with van der Waals surface area (Å²) >= 11 is 0. The lowest BCUT2D eigenvalue weighted by atomic mass is 9.98. The van der Waals surface area contributed by atoms with Crippen LogP contribution in [0.5, 0.6) is 0 Å². The molecular formula is C12H21NO2. The first-order valence-electron chi connectivity index (χ1n) is 6.12. The van der Waals surface area contributed by atoms with Crippen LogP contribution >= 0.6 is 0 Å². The third kappa shape index (κ3) is 3.02. The second-order valence-electron chi connectivity index (χ2n) is 4.84. The van der Waals surface area contributed by atoms with Gasteiger partial charge in [-0.15, -0.1) is 0 Å². The standard InChI is InChI=1S/C12H21NO2/c1-10-9-13(7-5-12(10)14)6-4-11-3-2-8-15-11/h10-11H,2-9H2,1H3. The zero-order valence-electron chi connectivity index (χ0n) is 9.58. The van der Waals surface area contributed by atoms with Gasteiger partial charge in [-0.25, -0.2) is 0 Å². The molecule has 2 aliphatic rings. The van der Waals surface area contributed by atoms with Crippen molar-refractivity contribution in [1.82, 2.24) is 4.90 Å². The fraction of sp³-hybridized carbons (Fsp3) is 0.917. The van der Waals surface area contributed by atoms with Crippen LogP contribution in [-0.2, 0) is 9.53 Å². The Bertz CT molecular complexity index is 224. The number of nitrogens with zero attached hydrogens (tertiary/aromatic N) is 1. The molecule has 0 radical (unpaired) electrons. The monoisotopic (exact) mass is 211 g/mol. The van der Waals surface area contributed by atoms with Gasteiger partial charge in [-0.2, -0.15) is 0 Å². The van der Waals surface area contributed by atoms with E-state index in [4.69, 9.17) is 4.74 Å². The van der Waals surface area contributed by atoms with E-state index in [9.17, 15) is 4.79 Å². The van der Waals surface area contributed by atoms with Crippen molar-refractivity contribution in [2.75, 3.05) is 26.2 Å². The van der Waals surface area contributed by atoms with Crippen molar-refractivity contribution in [2.24, 2.45) is 5.92 Å². The minimum Gasteiger partial charge on any atom is -0.378 e. The van der Waals surface area contributed by atoms with Crippen LogP contribution in [0.15, 0.2) is 0 Å². The summed E-state index contributed by atoms with van der Waals surface area (Å²) in [7, 11) is 0. The van der Waals surface area contributed by atoms with Gasteiger partial charge in [-0.1, -0.05) is 6.92 Å². The topological polar surface area (TPSA) is 29.5 Å². The van der Waals surface area contributed by atoms with Crippen molar-refractivity contribution in [3.8, 4) is 0 Å². The first kappa shape index (κ1) is 11.1. The fourth-order valence-corrected chi connectivity index (χ4v) is 2.50. The van der Waals surface area contributed by atoms with E-state index in [0.29, 0.717) is 11.9 Å². The van der Waals surface area contributed by atoms with Gasteiger partial charge in [0.1, 0.15) is 5.78 Å². The van der Waals surface area contributed by atoms with E-state index in [-0.39, 0.29) is 5.92 Å². The van der Waals surface area contributed by atoms with Crippen LogP contribution in [0.1, 0.15) is 32.6 Å². The van der Waals surface area contributed by atoms with Crippen molar-refractivity contribution >= 4 is 5.78 Å². The zero-order valence-corrected chi connectivity index (χ0v) is 9.58. The van der Waals surface area contributed by atoms with Gasteiger partial charge in [0.2, 0.25) is 0 Å². The van der Waals surface area contributed by atoms with Gasteiger partial charge < -0.3 is 9.64 Å². The van der Waals surface area contributed by atoms with Gasteiger partial charge >= 0.3 is 0 Å². The molecule has 0 aromatic rings. The molecule has 0 saturated carbocycles. The molecule has 0 N–H and O–H groups in total. The Labute approximate surface area is 91.8 Å². The Kier molecular flexibility index (Phi) is 3.76. The van der Waals surface area contributed by atoms with E-state index in [1.165, 1.54) is 12.8 Å². The highest BCUT2D eigenvalue weighted by Gasteiger charge is 2.24. The molecule has 0 amide bonds. The maximum absolute atomic E-state index is 11.3. The number of ketones is 1. The Balaban J connectivity index is 1.68. The summed E-state index contributed by atoms with van der Waals surface area (Å²) in [6, 6.07) is 0. The molecule has 0 spiro atoms. The molecular weight excluding hydrogens is 190 g/mol. The second kappa shape index (κ2) is 5.08. The lowest BCUT2D eigenvalue weighted by Crippen LogP contribution is -2.40. The predicted octanol–water partition coefficient (Wildman–Crippen LogP) is 1.47. The molecule has 15 heavy (non-hydrogen) atoms. The average Bonchev–Trinajstić information content (AvgIpc) is 2.73. The largest absolute Gasteiger partial charge is 0.378 e. The molecule has 2 saturated heterocycles. The number of hydrogen-bond acceptors (Lipinski definition) is 3. The van der Waals surface area contributed by atoms with Crippen molar-refractivity contribution in [2.45, 2.75) is 38.7 Å². The molecule has 0 bridgehead atoms. The van der Waals surface area contributed by atoms with E-state index in [1.807, 2.05) is 6.92 Å². The van der Waals surface area contributed by atoms with Crippen molar-refractivity contribution in [1.29, 1.82) is 0 Å². The second-order valence-corrected chi connectivity index (χ2v) is 4.84. The summed E-state index contributed by atoms with van der Waals surface area (Å²) in [5, 5.41) is 0. The first-order valence-corrected chi connectivity index (χ1v) is 6.12. The van der Waals surface area contributed by atoms with Crippen LogP contribution in [0, 0.1) is 5.92 Å². The maximum atomic E-state index is 11.3. The fourth-order valence-electron chi connectivity index (χ4n) is 2.50.